The Morgan fingerprint density at radius 2 is 1.93 bits per heavy atom. The van der Waals surface area contributed by atoms with Gasteiger partial charge in [-0.1, -0.05) is 17.7 Å². The molecular formula is C22H30ClN5O2. The predicted molar refractivity (Wildman–Crippen MR) is 120 cm³/mol. The van der Waals surface area contributed by atoms with E-state index in [0.29, 0.717) is 55.5 Å². The van der Waals surface area contributed by atoms with E-state index in [1.54, 1.807) is 6.20 Å². The molecule has 162 valence electrons. The van der Waals surface area contributed by atoms with Gasteiger partial charge >= 0.3 is 0 Å². The fraction of sp³-hybridized carbons (Fsp3) is 0.545. The number of ether oxygens (including phenoxy) is 1. The van der Waals surface area contributed by atoms with Gasteiger partial charge in [-0.2, -0.15) is 0 Å². The van der Waals surface area contributed by atoms with E-state index in [2.05, 4.69) is 15.6 Å². The van der Waals surface area contributed by atoms with Gasteiger partial charge in [0.05, 0.1) is 16.3 Å². The normalized spacial score (nSPS) is 23.7. The molecule has 2 fully saturated rings. The van der Waals surface area contributed by atoms with Crippen molar-refractivity contribution in [3.05, 3.63) is 35.5 Å². The molecule has 1 saturated carbocycles. The highest BCUT2D eigenvalue weighted by Gasteiger charge is 2.29. The Morgan fingerprint density at radius 1 is 1.17 bits per heavy atom. The lowest BCUT2D eigenvalue weighted by molar-refractivity contribution is -0.0543. The molecule has 4 rings (SSSR count). The van der Waals surface area contributed by atoms with Crippen molar-refractivity contribution >= 4 is 23.2 Å². The maximum Gasteiger partial charge on any atom is 0.126 e. The molecule has 0 bridgehead atoms. The van der Waals surface area contributed by atoms with Crippen molar-refractivity contribution in [3.63, 3.8) is 0 Å². The summed E-state index contributed by atoms with van der Waals surface area (Å²) in [6, 6.07) is 8.41. The van der Waals surface area contributed by atoms with Crippen LogP contribution in [0.3, 0.4) is 0 Å². The third kappa shape index (κ3) is 5.40. The smallest absolute Gasteiger partial charge is 0.126 e. The summed E-state index contributed by atoms with van der Waals surface area (Å²) in [7, 11) is 0. The number of nitrogens with zero attached hydrogens (tertiary/aromatic N) is 2. The van der Waals surface area contributed by atoms with Crippen molar-refractivity contribution in [1.82, 2.24) is 9.97 Å². The molecule has 5 N–H and O–H groups in total. The zero-order valence-electron chi connectivity index (χ0n) is 17.1. The minimum absolute atomic E-state index is 0.315. The standard InChI is InChI=1S/C22H30ClN5O2/c23-18-13-25-21(27-16-6-4-15(24)5-7-16)12-17(18)19-2-1-3-20(28-19)26-14-22(29)8-10-30-11-9-22/h1-3,12-13,15-16,29H,4-11,14,24H2,(H,25,27)(H,26,28)/t15-,16-. The average molecular weight is 432 g/mol. The molecule has 0 unspecified atom stereocenters. The molecule has 2 aliphatic rings. The molecule has 1 aliphatic heterocycles. The highest BCUT2D eigenvalue weighted by atomic mass is 35.5. The average Bonchev–Trinajstić information content (AvgIpc) is 2.76. The summed E-state index contributed by atoms with van der Waals surface area (Å²) >= 11 is 6.44. The van der Waals surface area contributed by atoms with Crippen molar-refractivity contribution in [2.24, 2.45) is 5.73 Å². The molecule has 0 atom stereocenters. The van der Waals surface area contributed by atoms with Crippen LogP contribution >= 0.6 is 11.6 Å². The van der Waals surface area contributed by atoms with Crippen LogP contribution in [0, 0.1) is 0 Å². The van der Waals surface area contributed by atoms with Crippen LogP contribution in [-0.2, 0) is 4.74 Å². The SMILES string of the molecule is N[C@H]1CC[C@H](Nc2cc(-c3cccc(NCC4(O)CCOCC4)n3)c(Cl)cn2)CC1. The second-order valence-corrected chi connectivity index (χ2v) is 8.81. The first-order chi connectivity index (χ1) is 14.5. The van der Waals surface area contributed by atoms with E-state index >= 15 is 0 Å². The Hall–Kier alpha value is -1.93. The molecule has 0 amide bonds. The van der Waals surface area contributed by atoms with Gasteiger partial charge in [-0.3, -0.25) is 0 Å². The Bertz CT molecular complexity index is 851. The van der Waals surface area contributed by atoms with Crippen LogP contribution < -0.4 is 16.4 Å². The molecule has 30 heavy (non-hydrogen) atoms. The Morgan fingerprint density at radius 3 is 2.70 bits per heavy atom. The van der Waals surface area contributed by atoms with E-state index in [-0.39, 0.29) is 0 Å². The first-order valence-electron chi connectivity index (χ1n) is 10.7. The van der Waals surface area contributed by atoms with Crippen molar-refractivity contribution < 1.29 is 9.84 Å². The molecule has 0 spiro atoms. The highest BCUT2D eigenvalue weighted by Crippen LogP contribution is 2.30. The number of pyridine rings is 2. The van der Waals surface area contributed by atoms with E-state index in [4.69, 9.17) is 27.1 Å². The molecule has 2 aromatic rings. The van der Waals surface area contributed by atoms with E-state index in [1.165, 1.54) is 0 Å². The fourth-order valence-corrected chi connectivity index (χ4v) is 4.25. The van der Waals surface area contributed by atoms with Crippen LogP contribution in [0.15, 0.2) is 30.5 Å². The molecule has 1 saturated heterocycles. The molecule has 1 aliphatic carbocycles. The van der Waals surface area contributed by atoms with Gasteiger partial charge in [0.2, 0.25) is 0 Å². The minimum Gasteiger partial charge on any atom is -0.388 e. The summed E-state index contributed by atoms with van der Waals surface area (Å²) in [4.78, 5) is 9.15. The summed E-state index contributed by atoms with van der Waals surface area (Å²) in [5.74, 6) is 1.50. The van der Waals surface area contributed by atoms with Crippen LogP contribution in [0.2, 0.25) is 5.02 Å². The molecule has 0 radical (unpaired) electrons. The number of nitrogens with two attached hydrogens (primary N) is 1. The number of aromatic nitrogens is 2. The lowest BCUT2D eigenvalue weighted by Crippen LogP contribution is -2.42. The predicted octanol–water partition coefficient (Wildman–Crippen LogP) is 3.43. The number of aliphatic hydroxyl groups is 1. The van der Waals surface area contributed by atoms with Crippen LogP contribution in [0.25, 0.3) is 11.3 Å². The number of rotatable bonds is 6. The molecule has 7 nitrogen and oxygen atoms in total. The first-order valence-corrected chi connectivity index (χ1v) is 11.1. The second kappa shape index (κ2) is 9.47. The number of nitrogens with one attached hydrogen (secondary N) is 2. The van der Waals surface area contributed by atoms with Gasteiger partial charge in [0.15, 0.2) is 0 Å². The minimum atomic E-state index is -0.760. The molecule has 8 heteroatoms. The van der Waals surface area contributed by atoms with Crippen LogP contribution in [0.1, 0.15) is 38.5 Å². The largest absolute Gasteiger partial charge is 0.388 e. The molecule has 3 heterocycles. The van der Waals surface area contributed by atoms with Gasteiger partial charge in [0.25, 0.3) is 0 Å². The zero-order valence-corrected chi connectivity index (χ0v) is 17.9. The van der Waals surface area contributed by atoms with E-state index in [9.17, 15) is 5.11 Å². The monoisotopic (exact) mass is 431 g/mol. The summed E-state index contributed by atoms with van der Waals surface area (Å²) < 4.78 is 5.34. The van der Waals surface area contributed by atoms with Gasteiger partial charge in [0.1, 0.15) is 11.6 Å². The zero-order chi connectivity index (χ0) is 21.0. The third-order valence-corrected chi connectivity index (χ3v) is 6.33. The lowest BCUT2D eigenvalue weighted by atomic mass is 9.92. The number of hydrogen-bond donors (Lipinski definition) is 4. The first kappa shape index (κ1) is 21.3. The van der Waals surface area contributed by atoms with Crippen molar-refractivity contribution in [1.29, 1.82) is 0 Å². The van der Waals surface area contributed by atoms with E-state index in [0.717, 1.165) is 42.8 Å². The van der Waals surface area contributed by atoms with Gasteiger partial charge in [-0.25, -0.2) is 9.97 Å². The molecule has 0 aromatic carbocycles. The maximum atomic E-state index is 10.7. The summed E-state index contributed by atoms with van der Waals surface area (Å²) in [5.41, 5.74) is 6.84. The van der Waals surface area contributed by atoms with Gasteiger partial charge in [-0.05, 0) is 43.9 Å². The Kier molecular flexibility index (Phi) is 6.73. The topological polar surface area (TPSA) is 105 Å². The van der Waals surface area contributed by atoms with Crippen molar-refractivity contribution in [3.8, 4) is 11.3 Å². The quantitative estimate of drug-likeness (QED) is 0.555. The van der Waals surface area contributed by atoms with Crippen LogP contribution in [0.4, 0.5) is 11.6 Å². The van der Waals surface area contributed by atoms with E-state index in [1.807, 2.05) is 24.3 Å². The van der Waals surface area contributed by atoms with Crippen LogP contribution in [0.5, 0.6) is 0 Å². The fourth-order valence-electron chi connectivity index (χ4n) is 4.05. The van der Waals surface area contributed by atoms with Crippen LogP contribution in [-0.4, -0.2) is 52.5 Å². The Balaban J connectivity index is 1.46. The Labute approximate surface area is 182 Å². The maximum absolute atomic E-state index is 10.7. The van der Waals surface area contributed by atoms with Crippen molar-refractivity contribution in [2.75, 3.05) is 30.4 Å². The third-order valence-electron chi connectivity index (χ3n) is 6.03. The lowest BCUT2D eigenvalue weighted by Gasteiger charge is -2.32. The van der Waals surface area contributed by atoms with Gasteiger partial charge in [0, 0.05) is 56.4 Å². The summed E-state index contributed by atoms with van der Waals surface area (Å²) in [5, 5.41) is 18.0. The number of hydrogen-bond acceptors (Lipinski definition) is 7. The van der Waals surface area contributed by atoms with Gasteiger partial charge < -0.3 is 26.2 Å². The van der Waals surface area contributed by atoms with E-state index < -0.39 is 5.60 Å². The van der Waals surface area contributed by atoms with Crippen molar-refractivity contribution in [2.45, 2.75) is 56.2 Å². The van der Waals surface area contributed by atoms with Gasteiger partial charge in [-0.15, -0.1) is 0 Å². The molecule has 2 aromatic heterocycles. The summed E-state index contributed by atoms with van der Waals surface area (Å²) in [6.07, 6.45) is 7.07. The second-order valence-electron chi connectivity index (χ2n) is 8.40. The number of halogens is 1. The number of anilines is 2. The molecular weight excluding hydrogens is 402 g/mol. The summed E-state index contributed by atoms with van der Waals surface area (Å²) in [6.45, 7) is 1.61. The highest BCUT2D eigenvalue weighted by molar-refractivity contribution is 6.33.